The van der Waals surface area contributed by atoms with Crippen LogP contribution in [0.2, 0.25) is 0 Å². The molecule has 4 aromatic carbocycles. The van der Waals surface area contributed by atoms with E-state index in [9.17, 15) is 45.3 Å². The number of benzene rings is 4. The molecule has 2 aliphatic heterocycles. The first-order valence-electron chi connectivity index (χ1n) is 21.7. The van der Waals surface area contributed by atoms with Crippen LogP contribution >= 0.6 is 0 Å². The molecule has 350 valence electrons. The Bertz CT molecular complexity index is 2880. The maximum atomic E-state index is 13.9. The number of ether oxygens (including phenoxy) is 4. The van der Waals surface area contributed by atoms with Gasteiger partial charge in [0.1, 0.15) is 65.1 Å². The van der Waals surface area contributed by atoms with Gasteiger partial charge in [0.25, 0.3) is 0 Å². The minimum absolute atomic E-state index is 0.0407. The van der Waals surface area contributed by atoms with Gasteiger partial charge in [-0.05, 0) is 84.1 Å². The SMILES string of the molecule is CCc1cc(O)cc(COc2c(O[C@@H]3O[C@H](C(=O)O)[C@]4(O)[C@@H]([C@H]5CNCN5)C(Cc5ccccc5)=C[C@@]3(O)[C@@H]4O)cc3oc(-c4ccc(OC[C@H](O)c5ccc(N)[nH]5)cc4)cc(=O)c3c2O)c1. The lowest BCUT2D eigenvalue weighted by atomic mass is 9.59. The van der Waals surface area contributed by atoms with Crippen molar-refractivity contribution in [3.05, 3.63) is 141 Å². The molecule has 6 aromatic rings. The number of hydrogen-bond acceptors (Lipinski definition) is 16. The third-order valence-corrected chi connectivity index (χ3v) is 12.6. The summed E-state index contributed by atoms with van der Waals surface area (Å²) in [5, 5.41) is 86.9. The quantitative estimate of drug-likeness (QED) is 0.0659. The molecule has 4 heterocycles. The van der Waals surface area contributed by atoms with Gasteiger partial charge < -0.3 is 75.1 Å². The lowest BCUT2D eigenvalue weighted by molar-refractivity contribution is -0.344. The molecule has 18 nitrogen and oxygen atoms in total. The summed E-state index contributed by atoms with van der Waals surface area (Å²) in [7, 11) is 0. The van der Waals surface area contributed by atoms with Crippen LogP contribution in [-0.2, 0) is 29.0 Å². The number of nitrogens with two attached hydrogens (primary N) is 1. The molecular formula is C49H50N4O14. The average molecular weight is 919 g/mol. The first-order valence-corrected chi connectivity index (χ1v) is 21.7. The highest BCUT2D eigenvalue weighted by Gasteiger charge is 2.71. The number of aromatic amines is 1. The highest BCUT2D eigenvalue weighted by atomic mass is 16.7. The number of carboxylic acids is 1. The van der Waals surface area contributed by atoms with Crippen LogP contribution in [0.5, 0.6) is 28.7 Å². The number of anilines is 1. The predicted molar refractivity (Wildman–Crippen MR) is 241 cm³/mol. The summed E-state index contributed by atoms with van der Waals surface area (Å²) < 4.78 is 30.5. The van der Waals surface area contributed by atoms with Crippen LogP contribution in [0.25, 0.3) is 22.3 Å². The van der Waals surface area contributed by atoms with Crippen LogP contribution in [-0.4, -0.2) is 102 Å². The van der Waals surface area contributed by atoms with E-state index in [1.807, 2.05) is 37.3 Å². The van der Waals surface area contributed by atoms with Gasteiger partial charge in [-0.1, -0.05) is 48.9 Å². The van der Waals surface area contributed by atoms with Gasteiger partial charge in [0, 0.05) is 48.6 Å². The molecular weight excluding hydrogens is 869 g/mol. The number of hydrogen-bond donors (Lipinski definition) is 11. The van der Waals surface area contributed by atoms with Crippen LogP contribution in [0.4, 0.5) is 5.82 Å². The molecule has 2 saturated heterocycles. The van der Waals surface area contributed by atoms with Gasteiger partial charge in [0.05, 0.1) is 0 Å². The number of aliphatic carboxylic acids is 1. The first kappa shape index (κ1) is 45.3. The predicted octanol–water partition coefficient (Wildman–Crippen LogP) is 3.36. The van der Waals surface area contributed by atoms with Gasteiger partial charge in [0.2, 0.25) is 12.0 Å². The van der Waals surface area contributed by atoms with Crippen molar-refractivity contribution in [2.24, 2.45) is 5.92 Å². The summed E-state index contributed by atoms with van der Waals surface area (Å²) in [6.45, 7) is 2.16. The zero-order valence-corrected chi connectivity index (χ0v) is 36.1. The molecule has 0 unspecified atom stereocenters. The van der Waals surface area contributed by atoms with E-state index in [4.69, 9.17) is 29.1 Å². The van der Waals surface area contributed by atoms with Gasteiger partial charge in [-0.15, -0.1) is 0 Å². The molecule has 18 heteroatoms. The molecule has 67 heavy (non-hydrogen) atoms. The van der Waals surface area contributed by atoms with Crippen LogP contribution in [0.15, 0.2) is 118 Å². The van der Waals surface area contributed by atoms with E-state index in [1.165, 1.54) is 18.2 Å². The molecule has 3 aliphatic rings. The number of nitrogen functional groups attached to an aromatic ring is 1. The summed E-state index contributed by atoms with van der Waals surface area (Å²) in [5.41, 5.74) is 2.88. The fourth-order valence-corrected chi connectivity index (χ4v) is 9.37. The molecule has 8 atom stereocenters. The van der Waals surface area contributed by atoms with E-state index in [0.29, 0.717) is 53.6 Å². The number of carboxylic acid groups (broad SMARTS) is 1. The molecule has 2 bridgehead atoms. The Morgan fingerprint density at radius 2 is 1.72 bits per heavy atom. The molecule has 2 fully saturated rings. The molecule has 9 rings (SSSR count). The van der Waals surface area contributed by atoms with Crippen LogP contribution < -0.4 is 36.0 Å². The van der Waals surface area contributed by atoms with Crippen molar-refractivity contribution < 1.29 is 63.9 Å². The number of aromatic nitrogens is 1. The Morgan fingerprint density at radius 3 is 2.40 bits per heavy atom. The number of carbonyl (C=O) groups is 1. The summed E-state index contributed by atoms with van der Waals surface area (Å²) in [6.07, 6.45) is -5.42. The maximum absolute atomic E-state index is 13.9. The standard InChI is InChI=1S/C49H50N4O14/c1-2-25-14-27(17-30(54)16-25)22-64-43-38(19-37-40(42(43)57)34(55)18-36(65-37)28-8-10-31(11-9-28)63-23-35(56)32-12-13-39(50)53-32)66-47-48(61)20-29(15-26-6-4-3-5-7-26)41(33-21-51-24-52-33)49(62,46(48)60)44(67-47)45(58)59/h3-14,16-20,33,35,41,44,46-47,51-54,56-57,60-62H,2,15,21-24,50H2,1H3,(H,58,59)/t33-,35+,41-,44-,46+,47-,48-,49-/m1/s1. The molecule has 0 radical (unpaired) electrons. The van der Waals surface area contributed by atoms with Crippen molar-refractivity contribution in [1.29, 1.82) is 0 Å². The van der Waals surface area contributed by atoms with Gasteiger partial charge in [-0.3, -0.25) is 10.1 Å². The third kappa shape index (κ3) is 8.55. The summed E-state index contributed by atoms with van der Waals surface area (Å²) in [6, 6.07) is 25.4. The lowest BCUT2D eigenvalue weighted by Crippen LogP contribution is -2.79. The zero-order chi connectivity index (χ0) is 47.2. The number of phenols is 2. The first-order chi connectivity index (χ1) is 32.2. The third-order valence-electron chi connectivity index (χ3n) is 12.6. The minimum atomic E-state index is -2.63. The number of fused-ring (bicyclic) bond motifs is 3. The normalized spacial score (nSPS) is 25.1. The number of aromatic hydroxyl groups is 2. The van der Waals surface area contributed by atoms with Crippen LogP contribution in [0, 0.1) is 5.92 Å². The van der Waals surface area contributed by atoms with Crippen molar-refractivity contribution in [2.45, 2.75) is 68.2 Å². The lowest BCUT2D eigenvalue weighted by Gasteiger charge is -2.58. The Kier molecular flexibility index (Phi) is 12.2. The monoisotopic (exact) mass is 918 g/mol. The topological polar surface area (TPSA) is 292 Å². The van der Waals surface area contributed by atoms with Gasteiger partial charge in [-0.25, -0.2) is 4.79 Å². The molecule has 12 N–H and O–H groups in total. The maximum Gasteiger partial charge on any atom is 0.336 e. The number of nitrogens with one attached hydrogen (secondary N) is 3. The number of aliphatic hydroxyl groups excluding tert-OH is 2. The van der Waals surface area contributed by atoms with Gasteiger partial charge >= 0.3 is 5.97 Å². The van der Waals surface area contributed by atoms with E-state index in [1.54, 1.807) is 48.5 Å². The fourth-order valence-electron chi connectivity index (χ4n) is 9.37. The summed E-state index contributed by atoms with van der Waals surface area (Å²) in [4.78, 5) is 30.0. The number of H-pyrrole nitrogens is 1. The Labute approximate surface area is 382 Å². The minimum Gasteiger partial charge on any atom is -0.508 e. The van der Waals surface area contributed by atoms with Crippen molar-refractivity contribution in [1.82, 2.24) is 15.6 Å². The van der Waals surface area contributed by atoms with E-state index < -0.39 is 76.4 Å². The van der Waals surface area contributed by atoms with E-state index in [2.05, 4.69) is 15.6 Å². The average Bonchev–Trinajstić information content (AvgIpc) is 4.00. The summed E-state index contributed by atoms with van der Waals surface area (Å²) >= 11 is 0. The second kappa shape index (κ2) is 18.1. The zero-order valence-electron chi connectivity index (χ0n) is 36.1. The smallest absolute Gasteiger partial charge is 0.336 e. The molecule has 0 spiro atoms. The van der Waals surface area contributed by atoms with Crippen molar-refractivity contribution in [3.63, 3.8) is 0 Å². The molecule has 1 aliphatic carbocycles. The van der Waals surface area contributed by atoms with Gasteiger partial charge in [-0.2, -0.15) is 0 Å². The van der Waals surface area contributed by atoms with Gasteiger partial charge in [0.15, 0.2) is 28.6 Å². The number of rotatable bonds is 15. The molecule has 2 aromatic heterocycles. The second-order valence-corrected chi connectivity index (χ2v) is 17.1. The van der Waals surface area contributed by atoms with Crippen LogP contribution in [0.3, 0.4) is 0 Å². The largest absolute Gasteiger partial charge is 0.508 e. The van der Waals surface area contributed by atoms with E-state index in [0.717, 1.165) is 17.2 Å². The van der Waals surface area contributed by atoms with Crippen molar-refractivity contribution in [2.75, 3.05) is 25.6 Å². The molecule has 0 saturated carbocycles. The Balaban J connectivity index is 1.12. The highest BCUT2D eigenvalue weighted by Crippen LogP contribution is 2.52. The Hall–Kier alpha value is -6.90. The van der Waals surface area contributed by atoms with Crippen molar-refractivity contribution >= 4 is 22.8 Å². The number of aliphatic hydroxyl groups is 4. The number of aryl methyl sites for hydroxylation is 1. The van der Waals surface area contributed by atoms with Crippen molar-refractivity contribution in [3.8, 4) is 40.1 Å². The highest BCUT2D eigenvalue weighted by molar-refractivity contribution is 5.89. The fraction of sp³-hybridized carbons (Fsp3) is 0.306. The van der Waals surface area contributed by atoms with Crippen LogP contribution in [0.1, 0.15) is 35.4 Å². The summed E-state index contributed by atoms with van der Waals surface area (Å²) in [5.74, 6) is -3.53. The van der Waals surface area contributed by atoms with E-state index >= 15 is 0 Å². The molecule has 0 amide bonds. The van der Waals surface area contributed by atoms with E-state index in [-0.39, 0.29) is 42.1 Å². The Morgan fingerprint density at radius 1 is 0.955 bits per heavy atom. The second-order valence-electron chi connectivity index (χ2n) is 17.1. The number of phenolic OH excluding ortho intramolecular Hbond substituents is 2.